The van der Waals surface area contributed by atoms with Crippen molar-refractivity contribution in [2.75, 3.05) is 34.4 Å². The van der Waals surface area contributed by atoms with Crippen molar-refractivity contribution in [3.63, 3.8) is 0 Å². The molecule has 3 heteroatoms. The minimum absolute atomic E-state index is 0.330. The SMILES string of the molecule is C=CC1=C(C(=C)F)COCC1.CN(C)C. The van der Waals surface area contributed by atoms with Crippen LogP contribution >= 0.6 is 0 Å². The Morgan fingerprint density at radius 2 is 2.00 bits per heavy atom. The number of halogens is 1. The molecule has 1 rings (SSSR count). The summed E-state index contributed by atoms with van der Waals surface area (Å²) < 4.78 is 17.7. The fraction of sp³-hybridized carbons (Fsp3) is 0.500. The number of hydrogen-bond acceptors (Lipinski definition) is 2. The Kier molecular flexibility index (Phi) is 6.92. The van der Waals surface area contributed by atoms with Crippen molar-refractivity contribution in [1.29, 1.82) is 0 Å². The second-order valence-corrected chi connectivity index (χ2v) is 3.76. The van der Waals surface area contributed by atoms with Crippen molar-refractivity contribution in [1.82, 2.24) is 4.90 Å². The molecule has 0 spiro atoms. The van der Waals surface area contributed by atoms with Crippen LogP contribution in [0, 0.1) is 0 Å². The van der Waals surface area contributed by atoms with E-state index >= 15 is 0 Å². The summed E-state index contributed by atoms with van der Waals surface area (Å²) >= 11 is 0. The van der Waals surface area contributed by atoms with E-state index in [1.54, 1.807) is 6.08 Å². The second-order valence-electron chi connectivity index (χ2n) is 3.76. The van der Waals surface area contributed by atoms with Crippen molar-refractivity contribution in [2.24, 2.45) is 0 Å². The maximum absolute atomic E-state index is 12.6. The van der Waals surface area contributed by atoms with Gasteiger partial charge in [-0.2, -0.15) is 0 Å². The van der Waals surface area contributed by atoms with E-state index in [9.17, 15) is 4.39 Å². The van der Waals surface area contributed by atoms with Gasteiger partial charge in [0.1, 0.15) is 5.83 Å². The van der Waals surface area contributed by atoms with Crippen molar-refractivity contribution in [2.45, 2.75) is 6.42 Å². The molecular weight excluding hydrogens is 193 g/mol. The first-order valence-electron chi connectivity index (χ1n) is 4.87. The van der Waals surface area contributed by atoms with Gasteiger partial charge in [-0.3, -0.25) is 0 Å². The van der Waals surface area contributed by atoms with Gasteiger partial charge in [-0.05, 0) is 33.1 Å². The van der Waals surface area contributed by atoms with Gasteiger partial charge in [0.25, 0.3) is 0 Å². The molecule has 1 heterocycles. The van der Waals surface area contributed by atoms with Crippen LogP contribution in [-0.4, -0.2) is 39.3 Å². The molecule has 0 saturated carbocycles. The molecule has 0 saturated heterocycles. The largest absolute Gasteiger partial charge is 0.376 e. The van der Waals surface area contributed by atoms with Gasteiger partial charge in [0, 0.05) is 5.57 Å². The zero-order valence-electron chi connectivity index (χ0n) is 9.85. The Morgan fingerprint density at radius 1 is 1.47 bits per heavy atom. The van der Waals surface area contributed by atoms with Crippen LogP contribution in [0.3, 0.4) is 0 Å². The average Bonchev–Trinajstić information content (AvgIpc) is 2.16. The number of ether oxygens (including phenoxy) is 1. The van der Waals surface area contributed by atoms with Crippen LogP contribution in [0.4, 0.5) is 4.39 Å². The molecule has 0 aromatic heterocycles. The highest BCUT2D eigenvalue weighted by Crippen LogP contribution is 2.22. The molecule has 0 amide bonds. The minimum atomic E-state index is -0.403. The second kappa shape index (κ2) is 7.37. The van der Waals surface area contributed by atoms with Crippen molar-refractivity contribution in [3.05, 3.63) is 36.2 Å². The first kappa shape index (κ1) is 14.1. The molecule has 0 aliphatic carbocycles. The number of rotatable bonds is 2. The molecule has 86 valence electrons. The Hall–Kier alpha value is -0.930. The van der Waals surface area contributed by atoms with Gasteiger partial charge in [-0.25, -0.2) is 4.39 Å². The van der Waals surface area contributed by atoms with E-state index in [1.165, 1.54) is 0 Å². The third-order valence-electron chi connectivity index (χ3n) is 1.72. The lowest BCUT2D eigenvalue weighted by Crippen LogP contribution is -2.10. The summed E-state index contributed by atoms with van der Waals surface area (Å²) in [4.78, 5) is 2.00. The van der Waals surface area contributed by atoms with Crippen LogP contribution in [0.25, 0.3) is 0 Å². The lowest BCUT2D eigenvalue weighted by atomic mass is 10.0. The maximum atomic E-state index is 12.6. The fourth-order valence-electron chi connectivity index (χ4n) is 1.08. The maximum Gasteiger partial charge on any atom is 0.121 e. The molecule has 0 fully saturated rings. The zero-order chi connectivity index (χ0) is 11.8. The molecule has 2 nitrogen and oxygen atoms in total. The van der Waals surface area contributed by atoms with Crippen LogP contribution in [0.2, 0.25) is 0 Å². The van der Waals surface area contributed by atoms with E-state index in [0.717, 1.165) is 12.0 Å². The van der Waals surface area contributed by atoms with Crippen LogP contribution in [-0.2, 0) is 4.74 Å². The first-order valence-corrected chi connectivity index (χ1v) is 4.87. The Bertz CT molecular complexity index is 254. The highest BCUT2D eigenvalue weighted by molar-refractivity contribution is 5.36. The van der Waals surface area contributed by atoms with Gasteiger partial charge in [-0.1, -0.05) is 19.2 Å². The summed E-state index contributed by atoms with van der Waals surface area (Å²) in [5.74, 6) is -0.403. The summed E-state index contributed by atoms with van der Waals surface area (Å²) in [7, 11) is 6.00. The third-order valence-corrected chi connectivity index (χ3v) is 1.72. The van der Waals surface area contributed by atoms with E-state index in [2.05, 4.69) is 13.2 Å². The quantitative estimate of drug-likeness (QED) is 0.699. The van der Waals surface area contributed by atoms with Gasteiger partial charge in [-0.15, -0.1) is 0 Å². The van der Waals surface area contributed by atoms with Gasteiger partial charge in [0.15, 0.2) is 0 Å². The predicted octanol–water partition coefficient (Wildman–Crippen LogP) is 2.55. The van der Waals surface area contributed by atoms with E-state index in [4.69, 9.17) is 4.74 Å². The average molecular weight is 213 g/mol. The van der Waals surface area contributed by atoms with Gasteiger partial charge < -0.3 is 9.64 Å². The third kappa shape index (κ3) is 6.20. The van der Waals surface area contributed by atoms with Crippen molar-refractivity contribution >= 4 is 0 Å². The molecule has 0 unspecified atom stereocenters. The summed E-state index contributed by atoms with van der Waals surface area (Å²) in [6.07, 6.45) is 2.41. The van der Waals surface area contributed by atoms with Crippen LogP contribution in [0.15, 0.2) is 36.2 Å². The van der Waals surface area contributed by atoms with E-state index in [1.807, 2.05) is 26.0 Å². The van der Waals surface area contributed by atoms with Gasteiger partial charge in [0.05, 0.1) is 13.2 Å². The Labute approximate surface area is 91.7 Å². The normalized spacial score (nSPS) is 15.8. The van der Waals surface area contributed by atoms with Gasteiger partial charge in [0.2, 0.25) is 0 Å². The highest BCUT2D eigenvalue weighted by atomic mass is 19.1. The van der Waals surface area contributed by atoms with Crippen LogP contribution in [0.5, 0.6) is 0 Å². The van der Waals surface area contributed by atoms with E-state index in [-0.39, 0.29) is 0 Å². The molecule has 0 N–H and O–H groups in total. The van der Waals surface area contributed by atoms with Crippen LogP contribution in [0.1, 0.15) is 6.42 Å². The molecule has 15 heavy (non-hydrogen) atoms. The lowest BCUT2D eigenvalue weighted by molar-refractivity contribution is 0.147. The summed E-state index contributed by atoms with van der Waals surface area (Å²) in [6.45, 7) is 7.80. The molecule has 1 aliphatic rings. The standard InChI is InChI=1S/C9H11FO.C3H9N/c1-3-8-4-5-11-6-9(8)7(2)10;1-4(2)3/h3H,1-2,4-6H2;1-3H3. The van der Waals surface area contributed by atoms with E-state index in [0.29, 0.717) is 18.8 Å². The molecule has 1 aliphatic heterocycles. The fourth-order valence-corrected chi connectivity index (χ4v) is 1.08. The summed E-state index contributed by atoms with van der Waals surface area (Å²) in [6, 6.07) is 0. The smallest absolute Gasteiger partial charge is 0.121 e. The highest BCUT2D eigenvalue weighted by Gasteiger charge is 2.12. The minimum Gasteiger partial charge on any atom is -0.376 e. The number of allylic oxidation sites excluding steroid dienone is 1. The topological polar surface area (TPSA) is 12.5 Å². The summed E-state index contributed by atoms with van der Waals surface area (Å²) in [5.41, 5.74) is 1.48. The Morgan fingerprint density at radius 3 is 2.33 bits per heavy atom. The summed E-state index contributed by atoms with van der Waals surface area (Å²) in [5, 5.41) is 0. The molecule has 0 radical (unpaired) electrons. The molecule has 0 aromatic rings. The van der Waals surface area contributed by atoms with E-state index < -0.39 is 5.83 Å². The lowest BCUT2D eigenvalue weighted by Gasteiger charge is -2.16. The van der Waals surface area contributed by atoms with Crippen molar-refractivity contribution < 1.29 is 9.13 Å². The predicted molar refractivity (Wildman–Crippen MR) is 62.5 cm³/mol. The molecular formula is C12H20FNO. The van der Waals surface area contributed by atoms with Gasteiger partial charge >= 0.3 is 0 Å². The molecule has 0 atom stereocenters. The van der Waals surface area contributed by atoms with Crippen LogP contribution < -0.4 is 0 Å². The monoisotopic (exact) mass is 213 g/mol. The molecule has 0 bridgehead atoms. The Balaban J connectivity index is 0.000000423. The molecule has 0 aromatic carbocycles. The number of nitrogens with zero attached hydrogens (tertiary/aromatic N) is 1. The number of hydrogen-bond donors (Lipinski definition) is 0. The zero-order valence-corrected chi connectivity index (χ0v) is 9.85. The first-order chi connectivity index (χ1) is 6.99. The van der Waals surface area contributed by atoms with Crippen molar-refractivity contribution in [3.8, 4) is 0 Å².